The summed E-state index contributed by atoms with van der Waals surface area (Å²) in [4.78, 5) is 11.1. The molecule has 6 heteroatoms. The molecule has 26 heavy (non-hydrogen) atoms. The molecule has 2 N–H and O–H groups in total. The topological polar surface area (TPSA) is 89.1 Å². The van der Waals surface area contributed by atoms with Crippen molar-refractivity contribution < 1.29 is 28.9 Å². The van der Waals surface area contributed by atoms with Crippen molar-refractivity contribution in [1.29, 1.82) is 0 Å². The van der Waals surface area contributed by atoms with Crippen LogP contribution in [0.5, 0.6) is 17.2 Å². The van der Waals surface area contributed by atoms with E-state index >= 15 is 0 Å². The van der Waals surface area contributed by atoms with Gasteiger partial charge in [-0.1, -0.05) is 6.92 Å². The van der Waals surface area contributed by atoms with Crippen LogP contribution in [0, 0.1) is 5.92 Å². The van der Waals surface area contributed by atoms with E-state index in [2.05, 4.69) is 0 Å². The molecule has 1 aromatic heterocycles. The van der Waals surface area contributed by atoms with E-state index in [1.54, 1.807) is 39.3 Å². The number of carbonyl (C=O) groups is 1. The number of benzene rings is 2. The average molecular weight is 356 g/mol. The highest BCUT2D eigenvalue weighted by Gasteiger charge is 2.16. The Morgan fingerprint density at radius 1 is 1.12 bits per heavy atom. The Kier molecular flexibility index (Phi) is 4.75. The van der Waals surface area contributed by atoms with Crippen molar-refractivity contribution in [3.05, 3.63) is 42.0 Å². The fraction of sp³-hybridized carbons (Fsp3) is 0.250. The van der Waals surface area contributed by atoms with Crippen LogP contribution in [-0.2, 0) is 11.2 Å². The van der Waals surface area contributed by atoms with Gasteiger partial charge in [-0.3, -0.25) is 4.79 Å². The minimum Gasteiger partial charge on any atom is -0.504 e. The summed E-state index contributed by atoms with van der Waals surface area (Å²) in [5.74, 6) is 0.333. The van der Waals surface area contributed by atoms with Crippen LogP contribution in [0.4, 0.5) is 0 Å². The second-order valence-corrected chi connectivity index (χ2v) is 6.16. The van der Waals surface area contributed by atoms with E-state index in [1.165, 1.54) is 0 Å². The number of phenolic OH excluding ortho intramolecular Hbond substituents is 1. The molecule has 0 aliphatic rings. The van der Waals surface area contributed by atoms with Gasteiger partial charge < -0.3 is 24.1 Å². The van der Waals surface area contributed by atoms with Crippen molar-refractivity contribution in [2.45, 2.75) is 13.3 Å². The molecule has 0 aliphatic heterocycles. The number of ether oxygens (including phenoxy) is 2. The lowest BCUT2D eigenvalue weighted by Gasteiger charge is -2.08. The van der Waals surface area contributed by atoms with Crippen LogP contribution in [0.1, 0.15) is 12.5 Å². The molecule has 0 spiro atoms. The number of rotatable bonds is 6. The van der Waals surface area contributed by atoms with Crippen LogP contribution >= 0.6 is 0 Å². The van der Waals surface area contributed by atoms with Gasteiger partial charge in [0, 0.05) is 10.9 Å². The van der Waals surface area contributed by atoms with Gasteiger partial charge >= 0.3 is 5.97 Å². The highest BCUT2D eigenvalue weighted by molar-refractivity contribution is 5.88. The van der Waals surface area contributed by atoms with Gasteiger partial charge in [0.2, 0.25) is 0 Å². The van der Waals surface area contributed by atoms with E-state index in [0.29, 0.717) is 34.6 Å². The summed E-state index contributed by atoms with van der Waals surface area (Å²) >= 11 is 0. The molecule has 3 aromatic rings. The van der Waals surface area contributed by atoms with Gasteiger partial charge in [0.05, 0.1) is 20.1 Å². The van der Waals surface area contributed by atoms with Crippen LogP contribution in [0.2, 0.25) is 0 Å². The second kappa shape index (κ2) is 7.00. The van der Waals surface area contributed by atoms with Gasteiger partial charge in [-0.05, 0) is 48.4 Å². The molecule has 1 atom stereocenters. The minimum atomic E-state index is -0.872. The molecule has 0 radical (unpaired) electrons. The van der Waals surface area contributed by atoms with Crippen LogP contribution in [0.3, 0.4) is 0 Å². The molecule has 1 unspecified atom stereocenters. The minimum absolute atomic E-state index is 0.0122. The standard InChI is InChI=1S/C20H20O6/c1-11(20(22)23)6-12-7-14-10-17(26-19(14)15(21)8-12)13-4-5-16(24-2)18(9-13)25-3/h4-5,7-11,21H,6H2,1-3H3,(H,22,23). The molecule has 0 bridgehead atoms. The zero-order valence-electron chi connectivity index (χ0n) is 14.8. The molecule has 6 nitrogen and oxygen atoms in total. The fourth-order valence-corrected chi connectivity index (χ4v) is 2.89. The predicted molar refractivity (Wildman–Crippen MR) is 96.9 cm³/mol. The first-order valence-corrected chi connectivity index (χ1v) is 8.13. The SMILES string of the molecule is COc1ccc(-c2cc3cc(CC(C)C(=O)O)cc(O)c3o2)cc1OC. The predicted octanol–water partition coefficient (Wildman–Crippen LogP) is 4.09. The number of aromatic hydroxyl groups is 1. The number of furan rings is 1. The van der Waals surface area contributed by atoms with Crippen LogP contribution < -0.4 is 9.47 Å². The first-order chi connectivity index (χ1) is 12.4. The molecular formula is C20H20O6. The van der Waals surface area contributed by atoms with E-state index in [9.17, 15) is 9.90 Å². The molecule has 0 saturated carbocycles. The smallest absolute Gasteiger partial charge is 0.306 e. The monoisotopic (exact) mass is 356 g/mol. The lowest BCUT2D eigenvalue weighted by atomic mass is 10.00. The van der Waals surface area contributed by atoms with Gasteiger partial charge in [-0.15, -0.1) is 0 Å². The summed E-state index contributed by atoms with van der Waals surface area (Å²) in [5, 5.41) is 20.0. The molecule has 0 saturated heterocycles. The summed E-state index contributed by atoms with van der Waals surface area (Å²) in [6.07, 6.45) is 0.329. The van der Waals surface area contributed by atoms with Crippen molar-refractivity contribution in [3.63, 3.8) is 0 Å². The van der Waals surface area contributed by atoms with Crippen LogP contribution in [0.25, 0.3) is 22.3 Å². The number of hydrogen-bond acceptors (Lipinski definition) is 5. The van der Waals surface area contributed by atoms with Crippen molar-refractivity contribution >= 4 is 16.9 Å². The molecular weight excluding hydrogens is 336 g/mol. The molecule has 2 aromatic carbocycles. The second-order valence-electron chi connectivity index (χ2n) is 6.16. The quantitative estimate of drug-likeness (QED) is 0.692. The molecule has 0 amide bonds. The molecule has 0 aliphatic carbocycles. The normalized spacial score (nSPS) is 12.1. The first kappa shape index (κ1) is 17.7. The maximum absolute atomic E-state index is 11.1. The highest BCUT2D eigenvalue weighted by atomic mass is 16.5. The van der Waals surface area contributed by atoms with Crippen LogP contribution in [-0.4, -0.2) is 30.4 Å². The number of phenols is 1. The third-order valence-corrected chi connectivity index (χ3v) is 4.29. The number of carboxylic acid groups (broad SMARTS) is 1. The zero-order valence-corrected chi connectivity index (χ0v) is 14.8. The Morgan fingerprint density at radius 2 is 1.85 bits per heavy atom. The highest BCUT2D eigenvalue weighted by Crippen LogP contribution is 2.37. The Labute approximate surface area is 150 Å². The number of methoxy groups -OCH3 is 2. The Bertz CT molecular complexity index is 956. The molecule has 0 fully saturated rings. The molecule has 1 heterocycles. The number of fused-ring (bicyclic) bond motifs is 1. The number of hydrogen-bond donors (Lipinski definition) is 2. The summed E-state index contributed by atoms with van der Waals surface area (Å²) in [7, 11) is 3.12. The maximum atomic E-state index is 11.1. The van der Waals surface area contributed by atoms with Crippen molar-refractivity contribution in [3.8, 4) is 28.6 Å². The Hall–Kier alpha value is -3.15. The van der Waals surface area contributed by atoms with Gasteiger partial charge in [-0.25, -0.2) is 0 Å². The van der Waals surface area contributed by atoms with Crippen molar-refractivity contribution in [2.75, 3.05) is 14.2 Å². The van der Waals surface area contributed by atoms with Crippen LogP contribution in [0.15, 0.2) is 40.8 Å². The average Bonchev–Trinajstić information content (AvgIpc) is 3.05. The van der Waals surface area contributed by atoms with E-state index in [0.717, 1.165) is 11.1 Å². The Morgan fingerprint density at radius 3 is 2.50 bits per heavy atom. The van der Waals surface area contributed by atoms with Crippen molar-refractivity contribution in [1.82, 2.24) is 0 Å². The lowest BCUT2D eigenvalue weighted by molar-refractivity contribution is -0.141. The van der Waals surface area contributed by atoms with Gasteiger partial charge in [-0.2, -0.15) is 0 Å². The lowest BCUT2D eigenvalue weighted by Crippen LogP contribution is -2.12. The largest absolute Gasteiger partial charge is 0.504 e. The summed E-state index contributed by atoms with van der Waals surface area (Å²) in [6, 6.07) is 10.6. The summed E-state index contributed by atoms with van der Waals surface area (Å²) in [6.45, 7) is 1.63. The van der Waals surface area contributed by atoms with Gasteiger partial charge in [0.25, 0.3) is 0 Å². The summed E-state index contributed by atoms with van der Waals surface area (Å²) in [5.41, 5.74) is 1.88. The molecule has 3 rings (SSSR count). The number of aliphatic carboxylic acids is 1. The third-order valence-electron chi connectivity index (χ3n) is 4.29. The molecule has 136 valence electrons. The maximum Gasteiger partial charge on any atom is 0.306 e. The first-order valence-electron chi connectivity index (χ1n) is 8.13. The number of carboxylic acids is 1. The zero-order chi connectivity index (χ0) is 18.8. The van der Waals surface area contributed by atoms with E-state index in [4.69, 9.17) is 19.0 Å². The van der Waals surface area contributed by atoms with E-state index < -0.39 is 11.9 Å². The van der Waals surface area contributed by atoms with Gasteiger partial charge in [0.1, 0.15) is 5.76 Å². The Balaban J connectivity index is 2.01. The van der Waals surface area contributed by atoms with Gasteiger partial charge in [0.15, 0.2) is 22.8 Å². The van der Waals surface area contributed by atoms with Crippen molar-refractivity contribution in [2.24, 2.45) is 5.92 Å². The summed E-state index contributed by atoms with van der Waals surface area (Å²) < 4.78 is 16.3. The van der Waals surface area contributed by atoms with E-state index in [1.807, 2.05) is 18.2 Å². The van der Waals surface area contributed by atoms with E-state index in [-0.39, 0.29) is 5.75 Å². The fourth-order valence-electron chi connectivity index (χ4n) is 2.89. The third kappa shape index (κ3) is 3.31.